The minimum atomic E-state index is -0.0360. The number of nitrogens with one attached hydrogen (secondary N) is 1. The third-order valence-corrected chi connectivity index (χ3v) is 5.00. The summed E-state index contributed by atoms with van der Waals surface area (Å²) in [7, 11) is 0. The van der Waals surface area contributed by atoms with Gasteiger partial charge in [-0.1, -0.05) is 18.2 Å². The number of benzene rings is 2. The Morgan fingerprint density at radius 3 is 2.31 bits per heavy atom. The number of nitrogens with zero attached hydrogens (tertiary/aromatic N) is 4. The third kappa shape index (κ3) is 4.70. The fourth-order valence-electron chi connectivity index (χ4n) is 3.40. The van der Waals surface area contributed by atoms with Crippen LogP contribution in [0.2, 0.25) is 0 Å². The predicted octanol–water partition coefficient (Wildman–Crippen LogP) is 2.27. The summed E-state index contributed by atoms with van der Waals surface area (Å²) < 4.78 is 1.90. The number of aromatic nitrogens is 2. The van der Waals surface area contributed by atoms with Gasteiger partial charge in [-0.15, -0.1) is 0 Å². The van der Waals surface area contributed by atoms with Crippen molar-refractivity contribution in [2.24, 2.45) is 0 Å². The first-order chi connectivity index (χ1) is 14.2. The van der Waals surface area contributed by atoms with Gasteiger partial charge in [0, 0.05) is 55.5 Å². The molecule has 1 saturated heterocycles. The molecule has 29 heavy (non-hydrogen) atoms. The van der Waals surface area contributed by atoms with E-state index in [1.165, 1.54) is 0 Å². The van der Waals surface area contributed by atoms with Gasteiger partial charge in [0.15, 0.2) is 0 Å². The van der Waals surface area contributed by atoms with Gasteiger partial charge >= 0.3 is 0 Å². The molecule has 0 atom stereocenters. The van der Waals surface area contributed by atoms with Gasteiger partial charge in [-0.2, -0.15) is 0 Å². The normalized spacial score (nSPS) is 14.6. The van der Waals surface area contributed by atoms with Crippen LogP contribution in [0.1, 0.15) is 10.4 Å². The number of anilines is 1. The van der Waals surface area contributed by atoms with Crippen LogP contribution in [-0.4, -0.2) is 63.9 Å². The van der Waals surface area contributed by atoms with Crippen molar-refractivity contribution in [3.8, 4) is 5.69 Å². The summed E-state index contributed by atoms with van der Waals surface area (Å²) in [5.74, 6) is -0.0124. The van der Waals surface area contributed by atoms with E-state index in [9.17, 15) is 9.59 Å². The van der Waals surface area contributed by atoms with Crippen LogP contribution in [0.25, 0.3) is 5.69 Å². The topological polar surface area (TPSA) is 70.5 Å². The van der Waals surface area contributed by atoms with E-state index in [1.54, 1.807) is 12.5 Å². The maximum absolute atomic E-state index is 12.8. The molecule has 1 aromatic heterocycles. The molecule has 0 unspecified atom stereocenters. The van der Waals surface area contributed by atoms with Crippen molar-refractivity contribution < 1.29 is 9.59 Å². The Bertz CT molecular complexity index is 947. The summed E-state index contributed by atoms with van der Waals surface area (Å²) in [6.07, 6.45) is 5.31. The van der Waals surface area contributed by atoms with Crippen LogP contribution in [0.15, 0.2) is 73.3 Å². The van der Waals surface area contributed by atoms with E-state index in [4.69, 9.17) is 0 Å². The summed E-state index contributed by atoms with van der Waals surface area (Å²) in [5.41, 5.74) is 2.43. The molecule has 0 bridgehead atoms. The molecule has 2 amide bonds. The van der Waals surface area contributed by atoms with Gasteiger partial charge in [0.25, 0.3) is 5.91 Å². The summed E-state index contributed by atoms with van der Waals surface area (Å²) in [4.78, 5) is 32.9. The smallest absolute Gasteiger partial charge is 0.253 e. The van der Waals surface area contributed by atoms with Gasteiger partial charge in [-0.05, 0) is 36.4 Å². The average molecular weight is 389 g/mol. The van der Waals surface area contributed by atoms with Crippen molar-refractivity contribution in [2.45, 2.75) is 0 Å². The van der Waals surface area contributed by atoms with Crippen LogP contribution in [0.4, 0.5) is 5.69 Å². The number of amides is 2. The average Bonchev–Trinajstić information content (AvgIpc) is 3.29. The Morgan fingerprint density at radius 1 is 0.931 bits per heavy atom. The Hall–Kier alpha value is -3.45. The number of carbonyl (C=O) groups is 2. The maximum atomic E-state index is 12.8. The summed E-state index contributed by atoms with van der Waals surface area (Å²) in [5, 5.41) is 2.90. The number of piperazine rings is 1. The zero-order valence-corrected chi connectivity index (χ0v) is 16.1. The first-order valence-corrected chi connectivity index (χ1v) is 9.64. The molecule has 4 rings (SSSR count). The second-order valence-corrected chi connectivity index (χ2v) is 7.00. The van der Waals surface area contributed by atoms with Crippen LogP contribution in [0.5, 0.6) is 0 Å². The molecule has 2 heterocycles. The molecule has 1 aliphatic rings. The molecular weight excluding hydrogens is 366 g/mol. The molecule has 1 N–H and O–H groups in total. The van der Waals surface area contributed by atoms with E-state index >= 15 is 0 Å². The molecule has 0 spiro atoms. The number of carbonyl (C=O) groups excluding carboxylic acids is 2. The largest absolute Gasteiger partial charge is 0.336 e. The van der Waals surface area contributed by atoms with Gasteiger partial charge < -0.3 is 14.8 Å². The van der Waals surface area contributed by atoms with Gasteiger partial charge in [0.05, 0.1) is 12.9 Å². The van der Waals surface area contributed by atoms with Crippen molar-refractivity contribution in [3.05, 3.63) is 78.9 Å². The Morgan fingerprint density at radius 2 is 1.66 bits per heavy atom. The van der Waals surface area contributed by atoms with E-state index in [0.717, 1.165) is 11.4 Å². The molecule has 0 saturated carbocycles. The zero-order chi connectivity index (χ0) is 20.1. The fourth-order valence-corrected chi connectivity index (χ4v) is 3.40. The lowest BCUT2D eigenvalue weighted by Gasteiger charge is -2.34. The highest BCUT2D eigenvalue weighted by atomic mass is 16.2. The van der Waals surface area contributed by atoms with E-state index in [-0.39, 0.29) is 11.8 Å². The summed E-state index contributed by atoms with van der Waals surface area (Å²) >= 11 is 0. The van der Waals surface area contributed by atoms with Crippen LogP contribution in [0, 0.1) is 0 Å². The molecule has 7 heteroatoms. The SMILES string of the molecule is O=C(CN1CCN(C(=O)c2ccc(-n3ccnc3)cc2)CC1)Nc1ccccc1. The minimum Gasteiger partial charge on any atom is -0.336 e. The third-order valence-electron chi connectivity index (χ3n) is 5.00. The van der Waals surface area contributed by atoms with Gasteiger partial charge in [-0.3, -0.25) is 14.5 Å². The molecule has 7 nitrogen and oxygen atoms in total. The lowest BCUT2D eigenvalue weighted by molar-refractivity contribution is -0.117. The number of rotatable bonds is 5. The highest BCUT2D eigenvalue weighted by molar-refractivity contribution is 5.94. The van der Waals surface area contributed by atoms with Crippen molar-refractivity contribution in [1.29, 1.82) is 0 Å². The number of para-hydroxylation sites is 1. The quantitative estimate of drug-likeness (QED) is 0.727. The molecule has 2 aromatic carbocycles. The minimum absolute atomic E-state index is 0.0237. The van der Waals surface area contributed by atoms with Crippen molar-refractivity contribution in [3.63, 3.8) is 0 Å². The monoisotopic (exact) mass is 389 g/mol. The Labute approximate surface area is 169 Å². The summed E-state index contributed by atoms with van der Waals surface area (Å²) in [6, 6.07) is 17.0. The molecule has 3 aromatic rings. The van der Waals surface area contributed by atoms with E-state index in [1.807, 2.05) is 70.3 Å². The molecule has 0 radical (unpaired) electrons. The van der Waals surface area contributed by atoms with E-state index in [2.05, 4.69) is 15.2 Å². The molecule has 0 aliphatic carbocycles. The molecule has 148 valence electrons. The highest BCUT2D eigenvalue weighted by Crippen LogP contribution is 2.13. The van der Waals surface area contributed by atoms with Crippen LogP contribution in [0.3, 0.4) is 0 Å². The number of hydrogen-bond donors (Lipinski definition) is 1. The number of imidazole rings is 1. The van der Waals surface area contributed by atoms with Crippen LogP contribution >= 0.6 is 0 Å². The predicted molar refractivity (Wildman–Crippen MR) is 111 cm³/mol. The standard InChI is InChI=1S/C22H23N5O2/c28-21(24-19-4-2-1-3-5-19)16-25-12-14-26(15-13-25)22(29)18-6-8-20(9-7-18)27-11-10-23-17-27/h1-11,17H,12-16H2,(H,24,28). The van der Waals surface area contributed by atoms with Gasteiger partial charge in [-0.25, -0.2) is 4.98 Å². The summed E-state index contributed by atoms with van der Waals surface area (Å²) in [6.45, 7) is 2.92. The maximum Gasteiger partial charge on any atom is 0.253 e. The first kappa shape index (κ1) is 18.9. The van der Waals surface area contributed by atoms with Crippen molar-refractivity contribution in [1.82, 2.24) is 19.4 Å². The molecular formula is C22H23N5O2. The van der Waals surface area contributed by atoms with E-state index < -0.39 is 0 Å². The Kier molecular flexibility index (Phi) is 5.67. The fraction of sp³-hybridized carbons (Fsp3) is 0.227. The lowest BCUT2D eigenvalue weighted by Crippen LogP contribution is -2.50. The number of hydrogen-bond acceptors (Lipinski definition) is 4. The second kappa shape index (κ2) is 8.70. The Balaban J connectivity index is 1.28. The van der Waals surface area contributed by atoms with Gasteiger partial charge in [0.1, 0.15) is 0 Å². The first-order valence-electron chi connectivity index (χ1n) is 9.64. The van der Waals surface area contributed by atoms with Crippen molar-refractivity contribution in [2.75, 3.05) is 38.0 Å². The second-order valence-electron chi connectivity index (χ2n) is 7.00. The van der Waals surface area contributed by atoms with Gasteiger partial charge in [0.2, 0.25) is 5.91 Å². The van der Waals surface area contributed by atoms with Crippen molar-refractivity contribution >= 4 is 17.5 Å². The van der Waals surface area contributed by atoms with E-state index in [0.29, 0.717) is 38.3 Å². The molecule has 1 fully saturated rings. The lowest BCUT2D eigenvalue weighted by atomic mass is 10.1. The zero-order valence-electron chi connectivity index (χ0n) is 16.1. The molecule has 1 aliphatic heterocycles. The highest BCUT2D eigenvalue weighted by Gasteiger charge is 2.23. The van der Waals surface area contributed by atoms with Crippen LogP contribution in [-0.2, 0) is 4.79 Å². The van der Waals surface area contributed by atoms with Crippen LogP contribution < -0.4 is 5.32 Å².